The van der Waals surface area contributed by atoms with Gasteiger partial charge in [0.1, 0.15) is 0 Å². The van der Waals surface area contributed by atoms with E-state index in [2.05, 4.69) is 57.2 Å². The largest absolute Gasteiger partial charge is 0.396 e. The van der Waals surface area contributed by atoms with Gasteiger partial charge in [0, 0.05) is 12.0 Å². The Labute approximate surface area is 105 Å². The zero-order chi connectivity index (χ0) is 12.7. The predicted octanol–water partition coefficient (Wildman–Crippen LogP) is 4.07. The SMILES string of the molecule is CC/C(=C\C(C)(C)c1ccccc1)CCCO. The fourth-order valence-corrected chi connectivity index (χ4v) is 2.12. The summed E-state index contributed by atoms with van der Waals surface area (Å²) in [5, 5.41) is 8.90. The summed E-state index contributed by atoms with van der Waals surface area (Å²) in [4.78, 5) is 0. The van der Waals surface area contributed by atoms with Crippen LogP contribution >= 0.6 is 0 Å². The molecule has 0 aliphatic heterocycles. The number of hydrogen-bond donors (Lipinski definition) is 1. The number of aliphatic hydroxyl groups is 1. The summed E-state index contributed by atoms with van der Waals surface area (Å²) in [6, 6.07) is 10.6. The molecule has 0 aromatic heterocycles. The van der Waals surface area contributed by atoms with E-state index < -0.39 is 0 Å². The van der Waals surface area contributed by atoms with Crippen LogP contribution in [0.25, 0.3) is 0 Å². The zero-order valence-corrected chi connectivity index (χ0v) is 11.2. The molecule has 0 heterocycles. The summed E-state index contributed by atoms with van der Waals surface area (Å²) in [5.41, 5.74) is 2.85. The molecule has 0 aliphatic carbocycles. The van der Waals surface area contributed by atoms with Crippen LogP contribution in [-0.4, -0.2) is 11.7 Å². The van der Waals surface area contributed by atoms with E-state index in [0.717, 1.165) is 19.3 Å². The van der Waals surface area contributed by atoms with Gasteiger partial charge in [0.25, 0.3) is 0 Å². The fraction of sp³-hybridized carbons (Fsp3) is 0.500. The van der Waals surface area contributed by atoms with Gasteiger partial charge in [0.15, 0.2) is 0 Å². The first-order valence-corrected chi connectivity index (χ1v) is 6.47. The molecule has 0 saturated heterocycles. The van der Waals surface area contributed by atoms with E-state index in [0.29, 0.717) is 0 Å². The summed E-state index contributed by atoms with van der Waals surface area (Å²) < 4.78 is 0. The van der Waals surface area contributed by atoms with Gasteiger partial charge >= 0.3 is 0 Å². The summed E-state index contributed by atoms with van der Waals surface area (Å²) in [5.74, 6) is 0. The van der Waals surface area contributed by atoms with Crippen molar-refractivity contribution in [2.24, 2.45) is 0 Å². The standard InChI is InChI=1S/C16H24O/c1-4-14(9-8-12-17)13-16(2,3)15-10-6-5-7-11-15/h5-7,10-11,13,17H,4,8-9,12H2,1-3H3/b14-13+. The van der Waals surface area contributed by atoms with Crippen molar-refractivity contribution in [1.29, 1.82) is 0 Å². The average Bonchev–Trinajstić information content (AvgIpc) is 2.35. The van der Waals surface area contributed by atoms with Gasteiger partial charge in [-0.25, -0.2) is 0 Å². The molecular formula is C16H24O. The van der Waals surface area contributed by atoms with Gasteiger partial charge in [-0.3, -0.25) is 0 Å². The Balaban J connectivity index is 2.85. The van der Waals surface area contributed by atoms with Crippen LogP contribution in [0.15, 0.2) is 42.0 Å². The summed E-state index contributed by atoms with van der Waals surface area (Å²) in [6.45, 7) is 6.96. The molecule has 0 fully saturated rings. The third-order valence-corrected chi connectivity index (χ3v) is 3.19. The average molecular weight is 232 g/mol. The van der Waals surface area contributed by atoms with E-state index in [-0.39, 0.29) is 12.0 Å². The molecule has 0 atom stereocenters. The normalized spacial score (nSPS) is 12.8. The highest BCUT2D eigenvalue weighted by Gasteiger charge is 2.17. The van der Waals surface area contributed by atoms with Crippen molar-refractivity contribution in [1.82, 2.24) is 0 Å². The van der Waals surface area contributed by atoms with E-state index in [1.54, 1.807) is 0 Å². The van der Waals surface area contributed by atoms with Crippen LogP contribution in [0.2, 0.25) is 0 Å². The van der Waals surface area contributed by atoms with Gasteiger partial charge in [-0.15, -0.1) is 0 Å². The predicted molar refractivity (Wildman–Crippen MR) is 74.2 cm³/mol. The molecule has 0 saturated carbocycles. The Morgan fingerprint density at radius 3 is 2.41 bits per heavy atom. The molecule has 1 nitrogen and oxygen atoms in total. The molecule has 94 valence electrons. The molecule has 0 radical (unpaired) electrons. The van der Waals surface area contributed by atoms with Crippen molar-refractivity contribution < 1.29 is 5.11 Å². The van der Waals surface area contributed by atoms with E-state index in [9.17, 15) is 0 Å². The van der Waals surface area contributed by atoms with Crippen LogP contribution in [0.1, 0.15) is 45.6 Å². The maximum atomic E-state index is 8.90. The van der Waals surface area contributed by atoms with Gasteiger partial charge in [-0.05, 0) is 24.8 Å². The maximum Gasteiger partial charge on any atom is 0.0434 e. The molecular weight excluding hydrogens is 208 g/mol. The molecule has 1 N–H and O–H groups in total. The van der Waals surface area contributed by atoms with Crippen molar-refractivity contribution in [3.8, 4) is 0 Å². The summed E-state index contributed by atoms with van der Waals surface area (Å²) >= 11 is 0. The van der Waals surface area contributed by atoms with Gasteiger partial charge in [-0.1, -0.05) is 62.8 Å². The van der Waals surface area contributed by atoms with Gasteiger partial charge in [0.05, 0.1) is 0 Å². The smallest absolute Gasteiger partial charge is 0.0434 e. The van der Waals surface area contributed by atoms with Crippen LogP contribution in [-0.2, 0) is 5.41 Å². The molecule has 1 rings (SSSR count). The first kappa shape index (κ1) is 14.0. The van der Waals surface area contributed by atoms with E-state index in [4.69, 9.17) is 5.11 Å². The first-order valence-electron chi connectivity index (χ1n) is 6.47. The number of aliphatic hydroxyl groups excluding tert-OH is 1. The Bertz CT molecular complexity index is 349. The highest BCUT2D eigenvalue weighted by molar-refractivity contribution is 5.30. The molecule has 1 aromatic carbocycles. The molecule has 0 aliphatic rings. The van der Waals surface area contributed by atoms with E-state index in [1.807, 2.05) is 0 Å². The van der Waals surface area contributed by atoms with Crippen molar-refractivity contribution >= 4 is 0 Å². The van der Waals surface area contributed by atoms with Crippen LogP contribution in [0, 0.1) is 0 Å². The number of rotatable bonds is 6. The van der Waals surface area contributed by atoms with Crippen molar-refractivity contribution in [3.63, 3.8) is 0 Å². The van der Waals surface area contributed by atoms with Gasteiger partial charge in [-0.2, -0.15) is 0 Å². The second-order valence-electron chi connectivity index (χ2n) is 5.07. The Morgan fingerprint density at radius 1 is 1.24 bits per heavy atom. The van der Waals surface area contributed by atoms with Crippen molar-refractivity contribution in [3.05, 3.63) is 47.5 Å². The van der Waals surface area contributed by atoms with Gasteiger partial charge in [0.2, 0.25) is 0 Å². The fourth-order valence-electron chi connectivity index (χ4n) is 2.12. The minimum Gasteiger partial charge on any atom is -0.396 e. The zero-order valence-electron chi connectivity index (χ0n) is 11.2. The molecule has 0 bridgehead atoms. The summed E-state index contributed by atoms with van der Waals surface area (Å²) in [7, 11) is 0. The Kier molecular flexibility index (Phi) is 5.43. The summed E-state index contributed by atoms with van der Waals surface area (Å²) in [6.07, 6.45) is 5.29. The van der Waals surface area contributed by atoms with Gasteiger partial charge < -0.3 is 5.11 Å². The lowest BCUT2D eigenvalue weighted by Gasteiger charge is -2.23. The number of allylic oxidation sites excluding steroid dienone is 2. The lowest BCUT2D eigenvalue weighted by atomic mass is 9.82. The second kappa shape index (κ2) is 6.61. The van der Waals surface area contributed by atoms with Crippen LogP contribution in [0.3, 0.4) is 0 Å². The quantitative estimate of drug-likeness (QED) is 0.733. The van der Waals surface area contributed by atoms with Crippen LogP contribution in [0.4, 0.5) is 0 Å². The monoisotopic (exact) mass is 232 g/mol. The lowest BCUT2D eigenvalue weighted by Crippen LogP contribution is -2.14. The minimum atomic E-state index is 0.0715. The van der Waals surface area contributed by atoms with Crippen LogP contribution in [0.5, 0.6) is 0 Å². The van der Waals surface area contributed by atoms with Crippen molar-refractivity contribution in [2.75, 3.05) is 6.61 Å². The maximum absolute atomic E-state index is 8.90. The topological polar surface area (TPSA) is 20.2 Å². The molecule has 1 aromatic rings. The first-order chi connectivity index (χ1) is 8.10. The van der Waals surface area contributed by atoms with Crippen molar-refractivity contribution in [2.45, 2.75) is 45.4 Å². The van der Waals surface area contributed by atoms with Crippen LogP contribution < -0.4 is 0 Å². The number of hydrogen-bond acceptors (Lipinski definition) is 1. The molecule has 1 heteroatoms. The third kappa shape index (κ3) is 4.35. The highest BCUT2D eigenvalue weighted by atomic mass is 16.2. The molecule has 0 unspecified atom stereocenters. The Morgan fingerprint density at radius 2 is 1.88 bits per heavy atom. The molecule has 0 amide bonds. The van der Waals surface area contributed by atoms with E-state index in [1.165, 1.54) is 11.1 Å². The minimum absolute atomic E-state index is 0.0715. The Hall–Kier alpha value is -1.08. The molecule has 0 spiro atoms. The second-order valence-corrected chi connectivity index (χ2v) is 5.07. The van der Waals surface area contributed by atoms with E-state index >= 15 is 0 Å². The highest BCUT2D eigenvalue weighted by Crippen LogP contribution is 2.27. The lowest BCUT2D eigenvalue weighted by molar-refractivity contribution is 0.288. The third-order valence-electron chi connectivity index (χ3n) is 3.19. The molecule has 17 heavy (non-hydrogen) atoms. The number of benzene rings is 1.